The molecule has 1 aliphatic rings. The van der Waals surface area contributed by atoms with Crippen molar-refractivity contribution in [2.24, 2.45) is 0 Å². The molecule has 5 rings (SSSR count). The molecular formula is C36H36Cl3NO6. The van der Waals surface area contributed by atoms with Gasteiger partial charge in [0, 0.05) is 0 Å². The molecule has 4 aromatic carbocycles. The number of amides is 1. The second kappa shape index (κ2) is 17.3. The third-order valence-corrected chi connectivity index (χ3v) is 7.93. The highest BCUT2D eigenvalue weighted by atomic mass is 35.6. The summed E-state index contributed by atoms with van der Waals surface area (Å²) < 4.78 is 30.1. The van der Waals surface area contributed by atoms with Crippen LogP contribution in [0.2, 0.25) is 0 Å². The molecule has 0 saturated carbocycles. The molecule has 0 bridgehead atoms. The van der Waals surface area contributed by atoms with Gasteiger partial charge in [0.05, 0.1) is 33.0 Å². The lowest BCUT2D eigenvalue weighted by Crippen LogP contribution is -2.66. The SMILES string of the molecule is O=C(N[C@H]1O[C@H](COCc2ccccc2)[C@@H](OCc2ccccc2)[C@H](OCc2ccccc2)[C@@H]1OCc1ccccc1)C(Cl)(Cl)Cl. The number of carbonyl (C=O) groups is 1. The van der Waals surface area contributed by atoms with Crippen LogP contribution in [0.15, 0.2) is 121 Å². The highest BCUT2D eigenvalue weighted by Crippen LogP contribution is 2.32. The summed E-state index contributed by atoms with van der Waals surface area (Å²) in [5, 5.41) is 2.73. The molecule has 242 valence electrons. The van der Waals surface area contributed by atoms with Crippen LogP contribution in [0.25, 0.3) is 0 Å². The average molecular weight is 685 g/mol. The summed E-state index contributed by atoms with van der Waals surface area (Å²) in [7, 11) is 0. The van der Waals surface area contributed by atoms with E-state index in [0.29, 0.717) is 6.61 Å². The lowest BCUT2D eigenvalue weighted by Gasteiger charge is -2.46. The predicted molar refractivity (Wildman–Crippen MR) is 178 cm³/mol. The zero-order valence-electron chi connectivity index (χ0n) is 25.1. The molecule has 0 aliphatic carbocycles. The third kappa shape index (κ3) is 10.3. The highest BCUT2D eigenvalue weighted by Gasteiger charge is 2.50. The van der Waals surface area contributed by atoms with Crippen LogP contribution in [-0.2, 0) is 54.9 Å². The maximum atomic E-state index is 13.0. The molecule has 0 spiro atoms. The molecule has 0 aromatic heterocycles. The second-order valence-electron chi connectivity index (χ2n) is 10.9. The van der Waals surface area contributed by atoms with Gasteiger partial charge in [0.15, 0.2) is 6.23 Å². The van der Waals surface area contributed by atoms with Gasteiger partial charge in [-0.25, -0.2) is 0 Å². The standard InChI is InChI=1S/C36H36Cl3NO6/c37-36(38,39)35(41)40-34-33(45-24-29-19-11-4-12-20-29)32(44-23-28-17-9-3-10-18-28)31(43-22-27-15-7-2-8-16-27)30(46-34)25-42-21-26-13-5-1-6-14-26/h1-20,30-34H,21-25H2,(H,40,41)/t30-,31-,32+,33+,34+/m1/s1. The number of ether oxygens (including phenoxy) is 5. The maximum Gasteiger partial charge on any atom is 0.274 e. The molecule has 1 fully saturated rings. The molecule has 1 N–H and O–H groups in total. The number of halogens is 3. The number of alkyl halides is 3. The Morgan fingerprint density at radius 1 is 0.587 bits per heavy atom. The van der Waals surface area contributed by atoms with Crippen LogP contribution in [0.1, 0.15) is 22.3 Å². The lowest BCUT2D eigenvalue weighted by molar-refractivity contribution is -0.277. The van der Waals surface area contributed by atoms with Crippen molar-refractivity contribution in [1.82, 2.24) is 5.32 Å². The molecule has 4 aromatic rings. The fourth-order valence-corrected chi connectivity index (χ4v) is 5.28. The van der Waals surface area contributed by atoms with Gasteiger partial charge in [-0.05, 0) is 22.3 Å². The monoisotopic (exact) mass is 683 g/mol. The maximum absolute atomic E-state index is 13.0. The fraction of sp³-hybridized carbons (Fsp3) is 0.306. The van der Waals surface area contributed by atoms with E-state index < -0.39 is 40.3 Å². The highest BCUT2D eigenvalue weighted by molar-refractivity contribution is 6.76. The molecule has 5 atom stereocenters. The molecule has 0 radical (unpaired) electrons. The van der Waals surface area contributed by atoms with E-state index in [1.807, 2.05) is 121 Å². The molecule has 0 unspecified atom stereocenters. The number of carbonyl (C=O) groups excluding carboxylic acids is 1. The van der Waals surface area contributed by atoms with Crippen LogP contribution in [0.3, 0.4) is 0 Å². The van der Waals surface area contributed by atoms with E-state index in [1.165, 1.54) is 0 Å². The van der Waals surface area contributed by atoms with Crippen LogP contribution in [-0.4, -0.2) is 47.0 Å². The van der Waals surface area contributed by atoms with Gasteiger partial charge in [0.2, 0.25) is 0 Å². The Morgan fingerprint density at radius 2 is 0.978 bits per heavy atom. The summed E-state index contributed by atoms with van der Waals surface area (Å²) in [6, 6.07) is 39.1. The van der Waals surface area contributed by atoms with Gasteiger partial charge in [-0.2, -0.15) is 0 Å². The van der Waals surface area contributed by atoms with Gasteiger partial charge < -0.3 is 29.0 Å². The van der Waals surface area contributed by atoms with Gasteiger partial charge in [-0.1, -0.05) is 156 Å². The van der Waals surface area contributed by atoms with Crippen molar-refractivity contribution in [3.8, 4) is 0 Å². The molecular weight excluding hydrogens is 649 g/mol. The second-order valence-corrected chi connectivity index (χ2v) is 13.1. The minimum absolute atomic E-state index is 0.130. The van der Waals surface area contributed by atoms with Crippen LogP contribution >= 0.6 is 34.8 Å². The molecule has 7 nitrogen and oxygen atoms in total. The van der Waals surface area contributed by atoms with Crippen molar-refractivity contribution in [3.05, 3.63) is 144 Å². The number of rotatable bonds is 14. The first kappa shape index (κ1) is 34.4. The van der Waals surface area contributed by atoms with Crippen molar-refractivity contribution in [1.29, 1.82) is 0 Å². The Labute approximate surface area is 284 Å². The molecule has 1 amide bonds. The summed E-state index contributed by atoms with van der Waals surface area (Å²) in [5.74, 6) is -0.856. The normalized spacial score (nSPS) is 21.5. The van der Waals surface area contributed by atoms with Crippen molar-refractivity contribution < 1.29 is 28.5 Å². The largest absolute Gasteiger partial charge is 0.374 e. The van der Waals surface area contributed by atoms with Gasteiger partial charge in [-0.15, -0.1) is 0 Å². The van der Waals surface area contributed by atoms with Crippen LogP contribution in [0, 0.1) is 0 Å². The molecule has 46 heavy (non-hydrogen) atoms. The lowest BCUT2D eigenvalue weighted by atomic mass is 9.96. The summed E-state index contributed by atoms with van der Waals surface area (Å²) in [6.45, 7) is 1.23. The van der Waals surface area contributed by atoms with Crippen molar-refractivity contribution in [2.45, 2.75) is 60.9 Å². The van der Waals surface area contributed by atoms with Gasteiger partial charge >= 0.3 is 0 Å². The minimum Gasteiger partial charge on any atom is -0.374 e. The Morgan fingerprint density at radius 3 is 1.41 bits per heavy atom. The van der Waals surface area contributed by atoms with E-state index in [2.05, 4.69) is 5.32 Å². The summed E-state index contributed by atoms with van der Waals surface area (Å²) in [4.78, 5) is 13.0. The van der Waals surface area contributed by atoms with E-state index in [9.17, 15) is 4.79 Å². The van der Waals surface area contributed by atoms with Crippen LogP contribution in [0.4, 0.5) is 0 Å². The van der Waals surface area contributed by atoms with Crippen molar-refractivity contribution >= 4 is 40.7 Å². The Hall–Kier alpha value is -2.98. The number of hydrogen-bond acceptors (Lipinski definition) is 6. The predicted octanol–water partition coefficient (Wildman–Crippen LogP) is 7.17. The van der Waals surface area contributed by atoms with E-state index in [1.54, 1.807) is 0 Å². The first-order valence-corrected chi connectivity index (χ1v) is 16.1. The Balaban J connectivity index is 1.46. The molecule has 1 heterocycles. The Bertz CT molecular complexity index is 1460. The third-order valence-electron chi connectivity index (χ3n) is 7.41. The summed E-state index contributed by atoms with van der Waals surface area (Å²) in [6.07, 6.45) is -4.00. The van der Waals surface area contributed by atoms with E-state index in [0.717, 1.165) is 22.3 Å². The van der Waals surface area contributed by atoms with Crippen LogP contribution < -0.4 is 5.32 Å². The minimum atomic E-state index is -2.23. The fourth-order valence-electron chi connectivity index (χ4n) is 5.12. The summed E-state index contributed by atoms with van der Waals surface area (Å²) in [5.41, 5.74) is 3.85. The van der Waals surface area contributed by atoms with E-state index >= 15 is 0 Å². The topological polar surface area (TPSA) is 75.3 Å². The van der Waals surface area contributed by atoms with Crippen LogP contribution in [0.5, 0.6) is 0 Å². The molecule has 1 saturated heterocycles. The van der Waals surface area contributed by atoms with Gasteiger partial charge in [0.1, 0.15) is 24.4 Å². The average Bonchev–Trinajstić information content (AvgIpc) is 3.07. The number of nitrogens with one attached hydrogen (secondary N) is 1. The smallest absolute Gasteiger partial charge is 0.274 e. The Kier molecular flexibility index (Phi) is 12.9. The number of benzene rings is 4. The number of hydrogen-bond donors (Lipinski definition) is 1. The zero-order valence-corrected chi connectivity index (χ0v) is 27.3. The van der Waals surface area contributed by atoms with Gasteiger partial charge in [-0.3, -0.25) is 4.79 Å². The molecule has 10 heteroatoms. The van der Waals surface area contributed by atoms with Crippen molar-refractivity contribution in [3.63, 3.8) is 0 Å². The first-order valence-electron chi connectivity index (χ1n) is 15.0. The van der Waals surface area contributed by atoms with Crippen molar-refractivity contribution in [2.75, 3.05) is 6.61 Å². The molecule has 1 aliphatic heterocycles. The first-order chi connectivity index (χ1) is 22.4. The van der Waals surface area contributed by atoms with E-state index in [-0.39, 0.29) is 26.4 Å². The van der Waals surface area contributed by atoms with Gasteiger partial charge in [0.25, 0.3) is 9.70 Å². The zero-order chi connectivity index (χ0) is 32.2. The van der Waals surface area contributed by atoms with E-state index in [4.69, 9.17) is 58.5 Å². The summed E-state index contributed by atoms with van der Waals surface area (Å²) >= 11 is 17.9. The quantitative estimate of drug-likeness (QED) is 0.142.